The van der Waals surface area contributed by atoms with Crippen LogP contribution in [0, 0.1) is 11.8 Å². The molecule has 0 bridgehead atoms. The molecule has 0 aliphatic heterocycles. The molecule has 0 radical (unpaired) electrons. The van der Waals surface area contributed by atoms with Crippen molar-refractivity contribution in [2.24, 2.45) is 11.8 Å². The van der Waals surface area contributed by atoms with E-state index in [-0.39, 0.29) is 30.9 Å². The lowest BCUT2D eigenvalue weighted by molar-refractivity contribution is -0.142. The summed E-state index contributed by atoms with van der Waals surface area (Å²) in [5.41, 5.74) is 4.70. The van der Waals surface area contributed by atoms with E-state index < -0.39 is 18.0 Å². The first-order valence-electron chi connectivity index (χ1n) is 11.9. The topological polar surface area (TPSA) is 105 Å². The Morgan fingerprint density at radius 2 is 1.56 bits per heavy atom. The number of nitrogens with one attached hydrogen (secondary N) is 2. The van der Waals surface area contributed by atoms with Crippen LogP contribution in [0.5, 0.6) is 0 Å². The van der Waals surface area contributed by atoms with E-state index >= 15 is 0 Å². The average molecular weight is 467 g/mol. The first kappa shape index (κ1) is 25.3. The molecule has 2 aromatic rings. The Balaban J connectivity index is 1.34. The van der Waals surface area contributed by atoms with Crippen molar-refractivity contribution >= 4 is 18.0 Å². The summed E-state index contributed by atoms with van der Waals surface area (Å²) in [5, 5.41) is 14.7. The molecule has 1 aliphatic carbocycles. The van der Waals surface area contributed by atoms with Gasteiger partial charge in [0.1, 0.15) is 6.61 Å². The number of carboxylic acids is 1. The second-order valence-corrected chi connectivity index (χ2v) is 9.18. The first-order valence-corrected chi connectivity index (χ1v) is 11.9. The van der Waals surface area contributed by atoms with Gasteiger partial charge in [-0.1, -0.05) is 62.4 Å². The molecule has 0 saturated carbocycles. The van der Waals surface area contributed by atoms with E-state index in [9.17, 15) is 19.5 Å². The van der Waals surface area contributed by atoms with Crippen LogP contribution in [0.1, 0.15) is 56.6 Å². The lowest BCUT2D eigenvalue weighted by Gasteiger charge is -2.15. The third kappa shape index (κ3) is 6.83. The lowest BCUT2D eigenvalue weighted by Crippen LogP contribution is -2.33. The number of carbonyl (C=O) groups is 3. The van der Waals surface area contributed by atoms with E-state index in [2.05, 4.69) is 34.9 Å². The van der Waals surface area contributed by atoms with E-state index in [0.29, 0.717) is 32.2 Å². The number of ether oxygens (including phenoxy) is 1. The minimum atomic E-state index is -0.888. The zero-order valence-electron chi connectivity index (χ0n) is 19.9. The summed E-state index contributed by atoms with van der Waals surface area (Å²) < 4.78 is 5.50. The van der Waals surface area contributed by atoms with Crippen molar-refractivity contribution in [1.82, 2.24) is 10.6 Å². The molecular weight excluding hydrogens is 432 g/mol. The van der Waals surface area contributed by atoms with Crippen LogP contribution in [0.15, 0.2) is 48.5 Å². The van der Waals surface area contributed by atoms with Crippen molar-refractivity contribution in [2.75, 3.05) is 19.7 Å². The lowest BCUT2D eigenvalue weighted by atomic mass is 9.97. The number of alkyl carbamates (subject to hydrolysis) is 1. The Kier molecular flexibility index (Phi) is 9.08. The van der Waals surface area contributed by atoms with Gasteiger partial charge in [-0.3, -0.25) is 9.59 Å². The third-order valence-electron chi connectivity index (χ3n) is 6.09. The number of fused-ring (bicyclic) bond motifs is 3. The standard InChI is InChI=1S/C27H34N2O5/c1-18(2)15-19(26(31)32)16-29-25(30)13-7-8-14-28-27(33)34-17-24-22-11-5-3-9-20(22)21-10-4-6-12-23(21)24/h3-6,9-12,18-19,24H,7-8,13-17H2,1-2H3,(H,28,33)(H,29,30)(H,31,32). The maximum Gasteiger partial charge on any atom is 0.407 e. The van der Waals surface area contributed by atoms with E-state index in [1.807, 2.05) is 38.1 Å². The molecule has 1 aliphatic rings. The highest BCUT2D eigenvalue weighted by Gasteiger charge is 2.29. The fourth-order valence-electron chi connectivity index (χ4n) is 4.42. The Morgan fingerprint density at radius 3 is 2.15 bits per heavy atom. The molecule has 1 unspecified atom stereocenters. The first-order chi connectivity index (χ1) is 16.4. The van der Waals surface area contributed by atoms with Crippen molar-refractivity contribution < 1.29 is 24.2 Å². The zero-order valence-corrected chi connectivity index (χ0v) is 19.9. The van der Waals surface area contributed by atoms with Crippen LogP contribution < -0.4 is 10.6 Å². The molecule has 0 aromatic heterocycles. The van der Waals surface area contributed by atoms with Gasteiger partial charge in [0.15, 0.2) is 0 Å². The Bertz CT molecular complexity index is 959. The summed E-state index contributed by atoms with van der Waals surface area (Å²) in [5.74, 6) is -1.36. The molecule has 7 nitrogen and oxygen atoms in total. The number of unbranched alkanes of at least 4 members (excludes halogenated alkanes) is 1. The van der Waals surface area contributed by atoms with Crippen LogP contribution in [-0.4, -0.2) is 42.8 Å². The van der Waals surface area contributed by atoms with Crippen molar-refractivity contribution in [3.05, 3.63) is 59.7 Å². The van der Waals surface area contributed by atoms with Crippen molar-refractivity contribution in [1.29, 1.82) is 0 Å². The Morgan fingerprint density at radius 1 is 0.941 bits per heavy atom. The molecule has 3 N–H and O–H groups in total. The van der Waals surface area contributed by atoms with Gasteiger partial charge in [0, 0.05) is 25.4 Å². The van der Waals surface area contributed by atoms with Gasteiger partial charge in [-0.25, -0.2) is 4.79 Å². The summed E-state index contributed by atoms with van der Waals surface area (Å²) in [7, 11) is 0. The van der Waals surface area contributed by atoms with Gasteiger partial charge in [0.2, 0.25) is 5.91 Å². The second-order valence-electron chi connectivity index (χ2n) is 9.18. The molecular formula is C27H34N2O5. The molecule has 1 atom stereocenters. The summed E-state index contributed by atoms with van der Waals surface area (Å²) >= 11 is 0. The maximum atomic E-state index is 12.2. The van der Waals surface area contributed by atoms with Gasteiger partial charge in [-0.15, -0.1) is 0 Å². The van der Waals surface area contributed by atoms with Gasteiger partial charge in [0.05, 0.1) is 5.92 Å². The quantitative estimate of drug-likeness (QED) is 0.398. The molecule has 0 fully saturated rings. The highest BCUT2D eigenvalue weighted by atomic mass is 16.5. The van der Waals surface area contributed by atoms with Crippen molar-refractivity contribution in [3.8, 4) is 11.1 Å². The monoisotopic (exact) mass is 466 g/mol. The number of hydrogen-bond donors (Lipinski definition) is 3. The summed E-state index contributed by atoms with van der Waals surface area (Å²) in [6.45, 7) is 4.74. The number of carbonyl (C=O) groups excluding carboxylic acids is 2. The van der Waals surface area contributed by atoms with Gasteiger partial charge < -0.3 is 20.5 Å². The van der Waals surface area contributed by atoms with Crippen molar-refractivity contribution in [3.63, 3.8) is 0 Å². The molecule has 0 saturated heterocycles. The fourth-order valence-corrected chi connectivity index (χ4v) is 4.42. The molecule has 0 spiro atoms. The minimum Gasteiger partial charge on any atom is -0.481 e. The SMILES string of the molecule is CC(C)CC(CNC(=O)CCCCNC(=O)OCC1c2ccccc2-c2ccccc21)C(=O)O. The van der Waals surface area contributed by atoms with Gasteiger partial charge >= 0.3 is 12.1 Å². The summed E-state index contributed by atoms with van der Waals surface area (Å²) in [6, 6.07) is 16.4. The average Bonchev–Trinajstić information content (AvgIpc) is 3.13. The minimum absolute atomic E-state index is 0.0205. The number of benzene rings is 2. The van der Waals surface area contributed by atoms with Crippen LogP contribution in [0.2, 0.25) is 0 Å². The molecule has 7 heteroatoms. The van der Waals surface area contributed by atoms with E-state index in [1.165, 1.54) is 22.3 Å². The second kappa shape index (κ2) is 12.2. The largest absolute Gasteiger partial charge is 0.481 e. The van der Waals surface area contributed by atoms with Gasteiger partial charge in [-0.05, 0) is 47.4 Å². The van der Waals surface area contributed by atoms with Crippen LogP contribution in [0.3, 0.4) is 0 Å². The van der Waals surface area contributed by atoms with Gasteiger partial charge in [0.25, 0.3) is 0 Å². The highest BCUT2D eigenvalue weighted by molar-refractivity contribution is 5.79. The molecule has 2 aromatic carbocycles. The third-order valence-corrected chi connectivity index (χ3v) is 6.09. The summed E-state index contributed by atoms with van der Waals surface area (Å²) in [4.78, 5) is 35.4. The van der Waals surface area contributed by atoms with Crippen LogP contribution >= 0.6 is 0 Å². The maximum absolute atomic E-state index is 12.2. The number of aliphatic carboxylic acids is 1. The number of hydrogen-bond acceptors (Lipinski definition) is 4. The van der Waals surface area contributed by atoms with E-state index in [0.717, 1.165) is 0 Å². The Labute approximate surface area is 200 Å². The molecule has 34 heavy (non-hydrogen) atoms. The predicted octanol–water partition coefficient (Wildman–Crippen LogP) is 4.56. The van der Waals surface area contributed by atoms with Gasteiger partial charge in [-0.2, -0.15) is 0 Å². The van der Waals surface area contributed by atoms with Crippen molar-refractivity contribution in [2.45, 2.75) is 45.4 Å². The molecule has 182 valence electrons. The molecule has 3 rings (SSSR count). The normalized spacial score (nSPS) is 13.1. The van der Waals surface area contributed by atoms with Crippen LogP contribution in [0.4, 0.5) is 4.79 Å². The predicted molar refractivity (Wildman–Crippen MR) is 131 cm³/mol. The van der Waals surface area contributed by atoms with Crippen LogP contribution in [0.25, 0.3) is 11.1 Å². The number of amides is 2. The fraction of sp³-hybridized carbons (Fsp3) is 0.444. The summed E-state index contributed by atoms with van der Waals surface area (Å²) in [6.07, 6.45) is 1.58. The Hall–Kier alpha value is -3.35. The number of carboxylic acid groups (broad SMARTS) is 1. The van der Waals surface area contributed by atoms with E-state index in [4.69, 9.17) is 4.74 Å². The molecule has 0 heterocycles. The highest BCUT2D eigenvalue weighted by Crippen LogP contribution is 2.44. The zero-order chi connectivity index (χ0) is 24.5. The van der Waals surface area contributed by atoms with E-state index in [1.54, 1.807) is 0 Å². The molecule has 2 amide bonds. The number of rotatable bonds is 12. The smallest absolute Gasteiger partial charge is 0.407 e. The van der Waals surface area contributed by atoms with Crippen LogP contribution in [-0.2, 0) is 14.3 Å².